The number of imide groups is 1. The highest BCUT2D eigenvalue weighted by atomic mass is 35.5. The summed E-state index contributed by atoms with van der Waals surface area (Å²) < 4.78 is 6.20. The number of hydrogen-bond donors (Lipinski definition) is 2. The van der Waals surface area contributed by atoms with Gasteiger partial charge in [-0.1, -0.05) is 67.7 Å². The van der Waals surface area contributed by atoms with Gasteiger partial charge < -0.3 is 10.1 Å². The monoisotopic (exact) mass is 496 g/mol. The molecule has 0 aromatic heterocycles. The van der Waals surface area contributed by atoms with Gasteiger partial charge in [-0.05, 0) is 61.3 Å². The predicted molar refractivity (Wildman–Crippen MR) is 130 cm³/mol. The lowest BCUT2D eigenvalue weighted by atomic mass is 9.67. The lowest BCUT2D eigenvalue weighted by Gasteiger charge is -2.41. The minimum absolute atomic E-state index is 0.0292. The fourth-order valence-electron chi connectivity index (χ4n) is 3.97. The molecule has 32 heavy (non-hydrogen) atoms. The van der Waals surface area contributed by atoms with Crippen molar-refractivity contribution in [1.82, 2.24) is 5.32 Å². The zero-order valence-electron chi connectivity index (χ0n) is 18.3. The van der Waals surface area contributed by atoms with Crippen LogP contribution in [0.25, 0.3) is 0 Å². The Kier molecular flexibility index (Phi) is 7.97. The molecule has 8 heteroatoms. The third-order valence-electron chi connectivity index (χ3n) is 6.25. The molecule has 3 rings (SSSR count). The Morgan fingerprint density at radius 3 is 2.38 bits per heavy atom. The van der Waals surface area contributed by atoms with Crippen LogP contribution < -0.4 is 15.4 Å². The van der Waals surface area contributed by atoms with E-state index in [0.717, 1.165) is 19.3 Å². The summed E-state index contributed by atoms with van der Waals surface area (Å²) in [4.78, 5) is 24.5. The van der Waals surface area contributed by atoms with Crippen molar-refractivity contribution in [2.75, 3.05) is 5.32 Å². The van der Waals surface area contributed by atoms with E-state index in [1.54, 1.807) is 30.3 Å². The van der Waals surface area contributed by atoms with E-state index in [1.165, 1.54) is 12.5 Å². The summed E-state index contributed by atoms with van der Waals surface area (Å²) in [6.45, 7) is 6.78. The SMILES string of the molecule is CC(C)C1(C)CCCC(Oc2c(Cl)cc(NC(=O)NC(=O)c3ccccc3Cl)cc2Cl)C1. The third kappa shape index (κ3) is 5.89. The van der Waals surface area contributed by atoms with Crippen molar-refractivity contribution in [1.29, 1.82) is 0 Å². The molecular weight excluding hydrogens is 471 g/mol. The molecule has 1 aliphatic carbocycles. The number of amides is 3. The highest BCUT2D eigenvalue weighted by molar-refractivity contribution is 6.37. The van der Waals surface area contributed by atoms with Crippen LogP contribution in [0.1, 0.15) is 56.8 Å². The first kappa shape index (κ1) is 24.7. The van der Waals surface area contributed by atoms with Gasteiger partial charge in [0.1, 0.15) is 0 Å². The number of hydrogen-bond acceptors (Lipinski definition) is 3. The number of carbonyl (C=O) groups excluding carboxylic acids is 2. The van der Waals surface area contributed by atoms with Gasteiger partial charge in [0.15, 0.2) is 5.75 Å². The second-order valence-corrected chi connectivity index (χ2v) is 10.0. The second kappa shape index (κ2) is 10.3. The molecule has 3 amide bonds. The maximum atomic E-state index is 12.3. The van der Waals surface area contributed by atoms with Gasteiger partial charge in [0.25, 0.3) is 5.91 Å². The molecule has 1 saturated carbocycles. The Morgan fingerprint density at radius 1 is 1.09 bits per heavy atom. The Balaban J connectivity index is 1.66. The number of nitrogens with one attached hydrogen (secondary N) is 2. The second-order valence-electron chi connectivity index (χ2n) is 8.80. The van der Waals surface area contributed by atoms with Crippen LogP contribution in [0.15, 0.2) is 36.4 Å². The van der Waals surface area contributed by atoms with Crippen LogP contribution >= 0.6 is 34.8 Å². The maximum Gasteiger partial charge on any atom is 0.326 e. The molecule has 0 heterocycles. The van der Waals surface area contributed by atoms with Crippen molar-refractivity contribution in [3.8, 4) is 5.75 Å². The van der Waals surface area contributed by atoms with Crippen LogP contribution in [-0.4, -0.2) is 18.0 Å². The number of urea groups is 1. The lowest BCUT2D eigenvalue weighted by Crippen LogP contribution is -2.36. The van der Waals surface area contributed by atoms with Gasteiger partial charge in [-0.2, -0.15) is 0 Å². The summed E-state index contributed by atoms with van der Waals surface area (Å²) in [5, 5.41) is 5.64. The van der Waals surface area contributed by atoms with Gasteiger partial charge >= 0.3 is 6.03 Å². The highest BCUT2D eigenvalue weighted by Crippen LogP contribution is 2.45. The van der Waals surface area contributed by atoms with E-state index in [2.05, 4.69) is 31.4 Å². The average molecular weight is 498 g/mol. The number of benzene rings is 2. The standard InChI is InChI=1S/C24H27Cl3N2O3/c1-14(2)24(3)10-6-7-16(13-24)32-21-19(26)11-15(12-20(21)27)28-23(31)29-22(30)17-8-4-5-9-18(17)25/h4-5,8-9,11-12,14,16H,6-7,10,13H2,1-3H3,(H2,28,29,30,31). The number of carbonyl (C=O) groups is 2. The molecule has 0 bridgehead atoms. The molecule has 1 fully saturated rings. The van der Waals surface area contributed by atoms with Crippen molar-refractivity contribution < 1.29 is 14.3 Å². The van der Waals surface area contributed by atoms with Crippen molar-refractivity contribution in [3.63, 3.8) is 0 Å². The van der Waals surface area contributed by atoms with Gasteiger partial charge in [-0.25, -0.2) is 4.79 Å². The Bertz CT molecular complexity index is 989. The highest BCUT2D eigenvalue weighted by Gasteiger charge is 2.36. The summed E-state index contributed by atoms with van der Waals surface area (Å²) in [6.07, 6.45) is 4.18. The van der Waals surface area contributed by atoms with E-state index in [4.69, 9.17) is 39.5 Å². The Hall–Kier alpha value is -1.95. The molecule has 2 atom stereocenters. The van der Waals surface area contributed by atoms with E-state index in [-0.39, 0.29) is 22.1 Å². The largest absolute Gasteiger partial charge is 0.487 e. The van der Waals surface area contributed by atoms with E-state index in [0.29, 0.717) is 27.4 Å². The fourth-order valence-corrected chi connectivity index (χ4v) is 4.77. The number of anilines is 1. The molecule has 172 valence electrons. The fraction of sp³-hybridized carbons (Fsp3) is 0.417. The van der Waals surface area contributed by atoms with Gasteiger partial charge in [0, 0.05) is 5.69 Å². The zero-order chi connectivity index (χ0) is 23.5. The van der Waals surface area contributed by atoms with Gasteiger partial charge in [0.05, 0.1) is 26.7 Å². The topological polar surface area (TPSA) is 67.4 Å². The van der Waals surface area contributed by atoms with E-state index >= 15 is 0 Å². The number of rotatable bonds is 5. The number of halogens is 3. The van der Waals surface area contributed by atoms with Crippen LogP contribution in [-0.2, 0) is 0 Å². The van der Waals surface area contributed by atoms with Crippen LogP contribution in [0, 0.1) is 11.3 Å². The summed E-state index contributed by atoms with van der Waals surface area (Å²) in [7, 11) is 0. The Morgan fingerprint density at radius 2 is 1.75 bits per heavy atom. The number of ether oxygens (including phenoxy) is 1. The quantitative estimate of drug-likeness (QED) is 0.447. The summed E-state index contributed by atoms with van der Waals surface area (Å²) in [6, 6.07) is 8.83. The van der Waals surface area contributed by atoms with Gasteiger partial charge in [-0.15, -0.1) is 0 Å². The summed E-state index contributed by atoms with van der Waals surface area (Å²) >= 11 is 18.9. The van der Waals surface area contributed by atoms with Crippen LogP contribution in [0.2, 0.25) is 15.1 Å². The molecule has 0 radical (unpaired) electrons. The summed E-state index contributed by atoms with van der Waals surface area (Å²) in [5.74, 6) is 0.346. The van der Waals surface area contributed by atoms with Crippen molar-refractivity contribution in [3.05, 3.63) is 57.0 Å². The van der Waals surface area contributed by atoms with Crippen molar-refractivity contribution in [2.45, 2.75) is 52.6 Å². The molecule has 0 aliphatic heterocycles. The Labute approximate surface area is 203 Å². The van der Waals surface area contributed by atoms with Crippen molar-refractivity contribution >= 4 is 52.4 Å². The first-order valence-corrected chi connectivity index (χ1v) is 11.7. The van der Waals surface area contributed by atoms with Crippen LogP contribution in [0.3, 0.4) is 0 Å². The van der Waals surface area contributed by atoms with Crippen molar-refractivity contribution in [2.24, 2.45) is 11.3 Å². The third-order valence-corrected chi connectivity index (χ3v) is 7.14. The molecule has 0 spiro atoms. The molecule has 2 N–H and O–H groups in total. The minimum Gasteiger partial charge on any atom is -0.487 e. The minimum atomic E-state index is -0.726. The molecule has 5 nitrogen and oxygen atoms in total. The average Bonchev–Trinajstić information content (AvgIpc) is 2.71. The van der Waals surface area contributed by atoms with E-state index in [1.807, 2.05) is 0 Å². The predicted octanol–water partition coefficient (Wildman–Crippen LogP) is 7.59. The smallest absolute Gasteiger partial charge is 0.326 e. The van der Waals surface area contributed by atoms with Gasteiger partial charge in [-0.3, -0.25) is 10.1 Å². The first-order chi connectivity index (χ1) is 15.1. The normalized spacial score (nSPS) is 20.7. The molecule has 2 aromatic carbocycles. The molecule has 2 unspecified atom stereocenters. The molecule has 0 saturated heterocycles. The van der Waals surface area contributed by atoms with Crippen LogP contribution in [0.4, 0.5) is 10.5 Å². The van der Waals surface area contributed by atoms with Gasteiger partial charge in [0.2, 0.25) is 0 Å². The van der Waals surface area contributed by atoms with Crippen LogP contribution in [0.5, 0.6) is 5.75 Å². The van der Waals surface area contributed by atoms with E-state index in [9.17, 15) is 9.59 Å². The molecule has 1 aliphatic rings. The molecular formula is C24H27Cl3N2O3. The maximum absolute atomic E-state index is 12.3. The first-order valence-electron chi connectivity index (χ1n) is 10.6. The van der Waals surface area contributed by atoms with E-state index < -0.39 is 11.9 Å². The lowest BCUT2D eigenvalue weighted by molar-refractivity contribution is 0.0444. The summed E-state index contributed by atoms with van der Waals surface area (Å²) in [5.41, 5.74) is 0.757. The zero-order valence-corrected chi connectivity index (χ0v) is 20.6. The molecule has 2 aromatic rings.